The lowest BCUT2D eigenvalue weighted by Gasteiger charge is -2.10. The van der Waals surface area contributed by atoms with Crippen LogP contribution in [0.25, 0.3) is 0 Å². The first-order valence-electron chi connectivity index (χ1n) is 2.76. The van der Waals surface area contributed by atoms with Crippen LogP contribution >= 0.6 is 18.7 Å². The lowest BCUT2D eigenvalue weighted by Crippen LogP contribution is -1.90. The molecule has 0 aliphatic carbocycles. The summed E-state index contributed by atoms with van der Waals surface area (Å²) in [6.07, 6.45) is 0. The van der Waals surface area contributed by atoms with Crippen molar-refractivity contribution < 1.29 is 4.52 Å². The second-order valence-electron chi connectivity index (χ2n) is 1.78. The molecule has 0 fully saturated rings. The predicted molar refractivity (Wildman–Crippen MR) is 39.5 cm³/mol. The van der Waals surface area contributed by atoms with E-state index in [0.29, 0.717) is 5.66 Å². The molecule has 1 unspecified atom stereocenters. The molecular formula is C5H12ClOP. The zero-order chi connectivity index (χ0) is 6.57. The molecule has 3 heteroatoms. The van der Waals surface area contributed by atoms with Gasteiger partial charge in [0.15, 0.2) is 0 Å². The van der Waals surface area contributed by atoms with Gasteiger partial charge in [0.25, 0.3) is 0 Å². The molecule has 0 heterocycles. The van der Waals surface area contributed by atoms with Crippen LogP contribution in [0, 0.1) is 0 Å². The SMILES string of the molecule is CCOP(Cl)C(C)C. The Morgan fingerprint density at radius 3 is 2.25 bits per heavy atom. The minimum absolute atomic E-state index is 0.478. The van der Waals surface area contributed by atoms with Gasteiger partial charge in [0.1, 0.15) is 7.50 Å². The van der Waals surface area contributed by atoms with Crippen LogP contribution in [0.2, 0.25) is 0 Å². The highest BCUT2D eigenvalue weighted by molar-refractivity contribution is 7.80. The van der Waals surface area contributed by atoms with E-state index < -0.39 is 7.50 Å². The van der Waals surface area contributed by atoms with Gasteiger partial charge in [-0.1, -0.05) is 25.1 Å². The summed E-state index contributed by atoms with van der Waals surface area (Å²) in [5, 5.41) is 0. The average Bonchev–Trinajstić information content (AvgIpc) is 1.67. The van der Waals surface area contributed by atoms with Crippen molar-refractivity contribution in [1.82, 2.24) is 0 Å². The summed E-state index contributed by atoms with van der Waals surface area (Å²) < 4.78 is 5.13. The average molecular weight is 155 g/mol. The molecule has 0 aromatic rings. The Kier molecular flexibility index (Phi) is 4.94. The molecule has 8 heavy (non-hydrogen) atoms. The quantitative estimate of drug-likeness (QED) is 0.568. The highest BCUT2D eigenvalue weighted by Crippen LogP contribution is 2.46. The van der Waals surface area contributed by atoms with Gasteiger partial charge in [-0.25, -0.2) is 0 Å². The summed E-state index contributed by atoms with van der Waals surface area (Å²) >= 11 is 5.76. The molecule has 0 saturated carbocycles. The number of halogens is 1. The van der Waals surface area contributed by atoms with Gasteiger partial charge >= 0.3 is 0 Å². The highest BCUT2D eigenvalue weighted by atomic mass is 35.7. The monoisotopic (exact) mass is 154 g/mol. The molecule has 0 aromatic heterocycles. The van der Waals surface area contributed by atoms with Crippen molar-refractivity contribution in [3.8, 4) is 0 Å². The topological polar surface area (TPSA) is 9.23 Å². The molecule has 50 valence electrons. The molecular weight excluding hydrogens is 142 g/mol. The van der Waals surface area contributed by atoms with E-state index in [1.807, 2.05) is 6.92 Å². The van der Waals surface area contributed by atoms with Crippen molar-refractivity contribution in [2.75, 3.05) is 6.61 Å². The van der Waals surface area contributed by atoms with Gasteiger partial charge < -0.3 is 4.52 Å². The Bertz CT molecular complexity index is 58.4. The molecule has 0 rings (SSSR count). The fourth-order valence-electron chi connectivity index (χ4n) is 0.272. The third-order valence-electron chi connectivity index (χ3n) is 0.658. The van der Waals surface area contributed by atoms with Gasteiger partial charge in [0, 0.05) is 12.3 Å². The first-order valence-corrected chi connectivity index (χ1v) is 4.99. The summed E-state index contributed by atoms with van der Waals surface area (Å²) in [4.78, 5) is 0. The van der Waals surface area contributed by atoms with E-state index in [1.165, 1.54) is 0 Å². The van der Waals surface area contributed by atoms with Crippen LogP contribution in [-0.2, 0) is 4.52 Å². The Labute approximate surface area is 57.0 Å². The molecule has 0 N–H and O–H groups in total. The van der Waals surface area contributed by atoms with Gasteiger partial charge in [0.2, 0.25) is 0 Å². The summed E-state index contributed by atoms with van der Waals surface area (Å²) in [5.41, 5.74) is 0.478. The molecule has 0 bridgehead atoms. The van der Waals surface area contributed by atoms with Gasteiger partial charge in [-0.3, -0.25) is 0 Å². The van der Waals surface area contributed by atoms with E-state index >= 15 is 0 Å². The lowest BCUT2D eigenvalue weighted by atomic mass is 10.6. The first-order chi connectivity index (χ1) is 3.68. The largest absolute Gasteiger partial charge is 0.343 e. The van der Waals surface area contributed by atoms with E-state index in [-0.39, 0.29) is 0 Å². The second kappa shape index (κ2) is 4.55. The van der Waals surface area contributed by atoms with Crippen LogP contribution in [0.4, 0.5) is 0 Å². The zero-order valence-corrected chi connectivity index (χ0v) is 7.17. The lowest BCUT2D eigenvalue weighted by molar-refractivity contribution is 0.382. The number of hydrogen-bond acceptors (Lipinski definition) is 1. The fourth-order valence-corrected chi connectivity index (χ4v) is 1.11. The maximum Gasteiger partial charge on any atom is 0.126 e. The number of rotatable bonds is 3. The summed E-state index contributed by atoms with van der Waals surface area (Å²) in [7, 11) is -0.667. The smallest absolute Gasteiger partial charge is 0.126 e. The molecule has 0 aliphatic heterocycles. The van der Waals surface area contributed by atoms with Crippen molar-refractivity contribution in [2.45, 2.75) is 26.4 Å². The normalized spacial score (nSPS) is 14.6. The third kappa shape index (κ3) is 3.65. The molecule has 0 amide bonds. The van der Waals surface area contributed by atoms with E-state index in [9.17, 15) is 0 Å². The van der Waals surface area contributed by atoms with E-state index in [2.05, 4.69) is 13.8 Å². The Balaban J connectivity index is 3.17. The van der Waals surface area contributed by atoms with Gasteiger partial charge in [0.05, 0.1) is 0 Å². The van der Waals surface area contributed by atoms with Crippen molar-refractivity contribution in [3.05, 3.63) is 0 Å². The van der Waals surface area contributed by atoms with Gasteiger partial charge in [-0.05, 0) is 6.92 Å². The Morgan fingerprint density at radius 2 is 2.12 bits per heavy atom. The minimum Gasteiger partial charge on any atom is -0.343 e. The minimum atomic E-state index is -0.667. The molecule has 0 radical (unpaired) electrons. The van der Waals surface area contributed by atoms with Gasteiger partial charge in [-0.2, -0.15) is 0 Å². The number of hydrogen-bond donors (Lipinski definition) is 0. The van der Waals surface area contributed by atoms with Crippen molar-refractivity contribution in [2.24, 2.45) is 0 Å². The summed E-state index contributed by atoms with van der Waals surface area (Å²) in [6.45, 7) is 6.82. The Morgan fingerprint density at radius 1 is 1.62 bits per heavy atom. The second-order valence-corrected chi connectivity index (χ2v) is 4.62. The van der Waals surface area contributed by atoms with E-state index in [4.69, 9.17) is 15.8 Å². The standard InChI is InChI=1S/C5H12ClOP/c1-4-7-8(6)5(2)3/h5H,4H2,1-3H3. The van der Waals surface area contributed by atoms with E-state index in [1.54, 1.807) is 0 Å². The van der Waals surface area contributed by atoms with Crippen molar-refractivity contribution >= 4 is 18.7 Å². The van der Waals surface area contributed by atoms with Crippen molar-refractivity contribution in [1.29, 1.82) is 0 Å². The van der Waals surface area contributed by atoms with Crippen LogP contribution < -0.4 is 0 Å². The maximum atomic E-state index is 5.76. The van der Waals surface area contributed by atoms with Crippen LogP contribution in [0.3, 0.4) is 0 Å². The predicted octanol–water partition coefficient (Wildman–Crippen LogP) is 2.98. The fraction of sp³-hybridized carbons (Fsp3) is 1.00. The molecule has 0 saturated heterocycles. The summed E-state index contributed by atoms with van der Waals surface area (Å²) in [6, 6.07) is 0. The van der Waals surface area contributed by atoms with Gasteiger partial charge in [-0.15, -0.1) is 0 Å². The molecule has 0 aliphatic rings. The van der Waals surface area contributed by atoms with Crippen LogP contribution in [0.1, 0.15) is 20.8 Å². The molecule has 1 nitrogen and oxygen atoms in total. The van der Waals surface area contributed by atoms with Crippen LogP contribution in [-0.4, -0.2) is 12.3 Å². The Hall–Kier alpha value is 0.680. The molecule has 1 atom stereocenters. The maximum absolute atomic E-state index is 5.76. The molecule has 0 aromatic carbocycles. The van der Waals surface area contributed by atoms with Crippen LogP contribution in [0.5, 0.6) is 0 Å². The van der Waals surface area contributed by atoms with Crippen LogP contribution in [0.15, 0.2) is 0 Å². The van der Waals surface area contributed by atoms with E-state index in [0.717, 1.165) is 6.61 Å². The highest BCUT2D eigenvalue weighted by Gasteiger charge is 2.07. The first kappa shape index (κ1) is 8.68. The zero-order valence-electron chi connectivity index (χ0n) is 5.52. The summed E-state index contributed by atoms with van der Waals surface area (Å²) in [5.74, 6) is 0. The third-order valence-corrected chi connectivity index (χ3v) is 3.44. The van der Waals surface area contributed by atoms with Crippen molar-refractivity contribution in [3.63, 3.8) is 0 Å². The molecule has 0 spiro atoms.